The molecule has 0 spiro atoms. The molecule has 1 atom stereocenters. The van der Waals surface area contributed by atoms with Crippen molar-refractivity contribution in [1.29, 1.82) is 0 Å². The summed E-state index contributed by atoms with van der Waals surface area (Å²) in [5, 5.41) is 3.50. The van der Waals surface area contributed by atoms with Gasteiger partial charge in [0.2, 0.25) is 0 Å². The van der Waals surface area contributed by atoms with Crippen LogP contribution in [0.3, 0.4) is 0 Å². The Morgan fingerprint density at radius 1 is 1.15 bits per heavy atom. The lowest BCUT2D eigenvalue weighted by atomic mass is 9.75. The Kier molecular flexibility index (Phi) is 5.32. The van der Waals surface area contributed by atoms with E-state index in [0.29, 0.717) is 6.61 Å². The summed E-state index contributed by atoms with van der Waals surface area (Å²) in [5.74, 6) is 1.69. The van der Waals surface area contributed by atoms with Crippen molar-refractivity contribution in [2.75, 3.05) is 39.8 Å². The number of nitrogens with zero attached hydrogens (tertiary/aromatic N) is 2. The molecule has 0 unspecified atom stereocenters. The summed E-state index contributed by atoms with van der Waals surface area (Å²) in [6.45, 7) is 6.59. The molecular weight excluding hydrogens is 338 g/mol. The van der Waals surface area contributed by atoms with Crippen LogP contribution in [0.2, 0.25) is 0 Å². The monoisotopic (exact) mass is 367 g/mol. The van der Waals surface area contributed by atoms with Gasteiger partial charge >= 0.3 is 0 Å². The molecule has 1 saturated heterocycles. The summed E-state index contributed by atoms with van der Waals surface area (Å²) in [7, 11) is 2.18. The lowest BCUT2D eigenvalue weighted by Gasteiger charge is -2.41. The number of fused-ring (bicyclic) bond motifs is 1. The zero-order valence-corrected chi connectivity index (χ0v) is 16.3. The lowest BCUT2D eigenvalue weighted by Crippen LogP contribution is -2.49. The Morgan fingerprint density at radius 2 is 1.93 bits per heavy atom. The first-order valence-electron chi connectivity index (χ1n) is 9.86. The zero-order valence-electron chi connectivity index (χ0n) is 16.3. The van der Waals surface area contributed by atoms with Gasteiger partial charge < -0.3 is 19.7 Å². The summed E-state index contributed by atoms with van der Waals surface area (Å²) in [6, 6.07) is 12.3. The van der Waals surface area contributed by atoms with Gasteiger partial charge in [-0.25, -0.2) is 0 Å². The molecule has 27 heavy (non-hydrogen) atoms. The van der Waals surface area contributed by atoms with E-state index in [1.807, 2.05) is 30.5 Å². The summed E-state index contributed by atoms with van der Waals surface area (Å²) in [6.07, 6.45) is 4.26. The number of aryl methyl sites for hydroxylation is 1. The molecule has 1 aromatic carbocycles. The highest BCUT2D eigenvalue weighted by atomic mass is 16.6. The van der Waals surface area contributed by atoms with Gasteiger partial charge in [0.05, 0.1) is 0 Å². The normalized spacial score (nSPS) is 21.2. The number of nitrogens with one attached hydrogen (secondary N) is 1. The number of ether oxygens (including phenoxy) is 2. The maximum Gasteiger partial charge on any atom is 0.161 e. The maximum absolute atomic E-state index is 6.15. The average Bonchev–Trinajstić information content (AvgIpc) is 2.69. The molecule has 0 radical (unpaired) electrons. The Balaban J connectivity index is 1.44. The van der Waals surface area contributed by atoms with E-state index in [-0.39, 0.29) is 11.5 Å². The van der Waals surface area contributed by atoms with Gasteiger partial charge in [-0.15, -0.1) is 0 Å². The largest absolute Gasteiger partial charge is 0.486 e. The third-order valence-electron chi connectivity index (χ3n) is 5.67. The first-order chi connectivity index (χ1) is 13.1. The molecule has 3 heterocycles. The molecule has 5 nitrogen and oxygen atoms in total. The number of hydrogen-bond donors (Lipinski definition) is 1. The fourth-order valence-electron chi connectivity index (χ4n) is 4.26. The molecule has 0 amide bonds. The maximum atomic E-state index is 6.15. The standard InChI is InChI=1S/C22H29N3O2/c1-17-7-8-21(24-13-17)22(9-11-23-12-10-22)16-25(2)14-18-15-26-19-5-3-4-6-20(19)27-18/h3-8,13,18,23H,9-12,14-16H2,1-2H3/t18-/m1/s1. The van der Waals surface area contributed by atoms with Gasteiger partial charge in [-0.3, -0.25) is 4.98 Å². The minimum absolute atomic E-state index is 0.0506. The van der Waals surface area contributed by atoms with Crippen LogP contribution in [0.1, 0.15) is 24.1 Å². The van der Waals surface area contributed by atoms with Crippen molar-refractivity contribution in [2.24, 2.45) is 0 Å². The van der Waals surface area contributed by atoms with Gasteiger partial charge in [0.15, 0.2) is 11.5 Å². The van der Waals surface area contributed by atoms with E-state index in [2.05, 4.69) is 36.3 Å². The lowest BCUT2D eigenvalue weighted by molar-refractivity contribution is 0.0566. The van der Waals surface area contributed by atoms with Crippen LogP contribution in [0, 0.1) is 6.92 Å². The van der Waals surface area contributed by atoms with Crippen LogP contribution in [0.15, 0.2) is 42.6 Å². The predicted molar refractivity (Wildman–Crippen MR) is 107 cm³/mol. The molecule has 144 valence electrons. The Hall–Kier alpha value is -2.11. The van der Waals surface area contributed by atoms with Gasteiger partial charge in [-0.1, -0.05) is 18.2 Å². The molecule has 2 aromatic rings. The second kappa shape index (κ2) is 7.87. The van der Waals surface area contributed by atoms with Crippen molar-refractivity contribution < 1.29 is 9.47 Å². The van der Waals surface area contributed by atoms with Gasteiger partial charge in [0, 0.05) is 30.4 Å². The smallest absolute Gasteiger partial charge is 0.161 e. The van der Waals surface area contributed by atoms with Crippen LogP contribution in [0.25, 0.3) is 0 Å². The van der Waals surface area contributed by atoms with Gasteiger partial charge in [-0.05, 0) is 63.7 Å². The van der Waals surface area contributed by atoms with Crippen molar-refractivity contribution in [3.05, 3.63) is 53.9 Å². The first kappa shape index (κ1) is 18.3. The average molecular weight is 367 g/mol. The van der Waals surface area contributed by atoms with E-state index in [9.17, 15) is 0 Å². The number of hydrogen-bond acceptors (Lipinski definition) is 5. The second-order valence-electron chi connectivity index (χ2n) is 7.95. The molecule has 2 aliphatic rings. The van der Waals surface area contributed by atoms with Crippen LogP contribution in [0.5, 0.6) is 11.5 Å². The van der Waals surface area contributed by atoms with Crippen molar-refractivity contribution in [3.63, 3.8) is 0 Å². The van der Waals surface area contributed by atoms with E-state index in [4.69, 9.17) is 14.5 Å². The SMILES string of the molecule is Cc1ccc(C2(CN(C)C[C@@H]3COc4ccccc4O3)CCNCC2)nc1. The minimum atomic E-state index is 0.0506. The molecule has 1 N–H and O–H groups in total. The van der Waals surface area contributed by atoms with E-state index in [0.717, 1.165) is 50.5 Å². The minimum Gasteiger partial charge on any atom is -0.486 e. The second-order valence-corrected chi connectivity index (χ2v) is 7.95. The Bertz CT molecular complexity index is 756. The quantitative estimate of drug-likeness (QED) is 0.881. The number of para-hydroxylation sites is 2. The Labute approximate surface area is 161 Å². The number of pyridine rings is 1. The molecule has 1 fully saturated rings. The third kappa shape index (κ3) is 4.09. The first-order valence-corrected chi connectivity index (χ1v) is 9.86. The number of piperidine rings is 1. The molecule has 2 aliphatic heterocycles. The summed E-state index contributed by atoms with van der Waals surface area (Å²) >= 11 is 0. The van der Waals surface area contributed by atoms with Gasteiger partial charge in [0.1, 0.15) is 12.7 Å². The number of benzene rings is 1. The molecule has 0 saturated carbocycles. The highest BCUT2D eigenvalue weighted by Crippen LogP contribution is 2.34. The number of aromatic nitrogens is 1. The summed E-state index contributed by atoms with van der Waals surface area (Å²) < 4.78 is 12.0. The van der Waals surface area contributed by atoms with Crippen molar-refractivity contribution >= 4 is 0 Å². The van der Waals surface area contributed by atoms with Crippen LogP contribution in [0.4, 0.5) is 0 Å². The van der Waals surface area contributed by atoms with Crippen LogP contribution in [-0.2, 0) is 5.41 Å². The van der Waals surface area contributed by atoms with E-state index in [1.165, 1.54) is 11.3 Å². The highest BCUT2D eigenvalue weighted by Gasteiger charge is 2.37. The van der Waals surface area contributed by atoms with Crippen LogP contribution >= 0.6 is 0 Å². The summed E-state index contributed by atoms with van der Waals surface area (Å²) in [4.78, 5) is 7.18. The van der Waals surface area contributed by atoms with Crippen molar-refractivity contribution in [1.82, 2.24) is 15.2 Å². The summed E-state index contributed by atoms with van der Waals surface area (Å²) in [5.41, 5.74) is 2.52. The fourth-order valence-corrected chi connectivity index (χ4v) is 4.26. The van der Waals surface area contributed by atoms with Crippen LogP contribution in [-0.4, -0.2) is 55.8 Å². The molecule has 1 aromatic heterocycles. The molecular formula is C22H29N3O2. The van der Waals surface area contributed by atoms with Crippen molar-refractivity contribution in [3.8, 4) is 11.5 Å². The zero-order chi connectivity index (χ0) is 18.7. The van der Waals surface area contributed by atoms with E-state index < -0.39 is 0 Å². The molecule has 4 rings (SSSR count). The Morgan fingerprint density at radius 3 is 2.67 bits per heavy atom. The topological polar surface area (TPSA) is 46.6 Å². The molecule has 0 aliphatic carbocycles. The molecule has 0 bridgehead atoms. The number of likely N-dealkylation sites (N-methyl/N-ethyl adjacent to an activating group) is 1. The fraction of sp³-hybridized carbons (Fsp3) is 0.500. The van der Waals surface area contributed by atoms with Gasteiger partial charge in [0.25, 0.3) is 0 Å². The third-order valence-corrected chi connectivity index (χ3v) is 5.67. The number of rotatable bonds is 5. The van der Waals surface area contributed by atoms with Crippen molar-refractivity contribution in [2.45, 2.75) is 31.3 Å². The van der Waals surface area contributed by atoms with E-state index >= 15 is 0 Å². The highest BCUT2D eigenvalue weighted by molar-refractivity contribution is 5.40. The van der Waals surface area contributed by atoms with Crippen LogP contribution < -0.4 is 14.8 Å². The predicted octanol–water partition coefficient (Wildman–Crippen LogP) is 2.78. The van der Waals surface area contributed by atoms with E-state index in [1.54, 1.807) is 0 Å². The van der Waals surface area contributed by atoms with Gasteiger partial charge in [-0.2, -0.15) is 0 Å². The molecule has 5 heteroatoms.